The second-order valence-corrected chi connectivity index (χ2v) is 3.00. The zero-order valence-electron chi connectivity index (χ0n) is 7.00. The number of para-hydroxylation sites is 1. The monoisotopic (exact) mass is 195 g/mol. The SMILES string of the molecule is N#CC(Cl)CNNc1ccccc1. The van der Waals surface area contributed by atoms with Crippen LogP contribution in [-0.4, -0.2) is 11.9 Å². The van der Waals surface area contributed by atoms with Crippen LogP contribution >= 0.6 is 11.6 Å². The van der Waals surface area contributed by atoms with Crippen LogP contribution in [0, 0.1) is 11.3 Å². The lowest BCUT2D eigenvalue weighted by molar-refractivity contribution is 0.803. The Morgan fingerprint density at radius 3 is 2.69 bits per heavy atom. The maximum absolute atomic E-state index is 8.38. The lowest BCUT2D eigenvalue weighted by Crippen LogP contribution is -2.27. The summed E-state index contributed by atoms with van der Waals surface area (Å²) in [4.78, 5) is 0. The van der Waals surface area contributed by atoms with Crippen LogP contribution < -0.4 is 10.9 Å². The summed E-state index contributed by atoms with van der Waals surface area (Å²) in [6.07, 6.45) is 0. The first-order valence-electron chi connectivity index (χ1n) is 3.90. The Labute approximate surface area is 82.3 Å². The van der Waals surface area contributed by atoms with E-state index in [2.05, 4.69) is 10.9 Å². The third-order valence-electron chi connectivity index (χ3n) is 1.43. The first kappa shape index (κ1) is 9.85. The third kappa shape index (κ3) is 3.79. The number of nitrogens with zero attached hydrogens (tertiary/aromatic N) is 1. The highest BCUT2D eigenvalue weighted by Gasteiger charge is 1.99. The number of rotatable bonds is 4. The first-order valence-corrected chi connectivity index (χ1v) is 4.34. The summed E-state index contributed by atoms with van der Waals surface area (Å²) in [5, 5.41) is 7.88. The van der Waals surface area contributed by atoms with Crippen molar-refractivity contribution in [2.75, 3.05) is 12.0 Å². The number of hydrogen-bond acceptors (Lipinski definition) is 3. The van der Waals surface area contributed by atoms with Crippen molar-refractivity contribution < 1.29 is 0 Å². The first-order chi connectivity index (χ1) is 6.33. The Morgan fingerprint density at radius 1 is 1.38 bits per heavy atom. The smallest absolute Gasteiger partial charge is 0.134 e. The number of nitrogens with one attached hydrogen (secondary N) is 2. The van der Waals surface area contributed by atoms with Gasteiger partial charge in [0.2, 0.25) is 0 Å². The highest BCUT2D eigenvalue weighted by molar-refractivity contribution is 6.22. The Balaban J connectivity index is 2.25. The highest BCUT2D eigenvalue weighted by atomic mass is 35.5. The van der Waals surface area contributed by atoms with Crippen LogP contribution in [0.4, 0.5) is 5.69 Å². The van der Waals surface area contributed by atoms with E-state index in [1.54, 1.807) is 0 Å². The second-order valence-electron chi connectivity index (χ2n) is 2.47. The van der Waals surface area contributed by atoms with E-state index in [9.17, 15) is 0 Å². The molecular weight excluding hydrogens is 186 g/mol. The van der Waals surface area contributed by atoms with E-state index in [0.29, 0.717) is 6.54 Å². The molecule has 1 aromatic rings. The molecule has 0 saturated heterocycles. The van der Waals surface area contributed by atoms with Gasteiger partial charge < -0.3 is 5.43 Å². The van der Waals surface area contributed by atoms with Crippen LogP contribution in [0.1, 0.15) is 0 Å². The summed E-state index contributed by atoms with van der Waals surface area (Å²) >= 11 is 5.57. The highest BCUT2D eigenvalue weighted by Crippen LogP contribution is 2.02. The standard InChI is InChI=1S/C9H10ClN3/c10-8(6-11)7-12-13-9-4-2-1-3-5-9/h1-5,8,12-13H,7H2. The van der Waals surface area contributed by atoms with Crippen molar-refractivity contribution in [2.24, 2.45) is 0 Å². The van der Waals surface area contributed by atoms with E-state index in [1.807, 2.05) is 36.4 Å². The Bertz CT molecular complexity index is 281. The van der Waals surface area contributed by atoms with Gasteiger partial charge in [-0.05, 0) is 12.1 Å². The maximum atomic E-state index is 8.38. The molecule has 0 fully saturated rings. The molecule has 0 aliphatic rings. The van der Waals surface area contributed by atoms with Gasteiger partial charge in [0, 0.05) is 12.2 Å². The molecule has 0 spiro atoms. The number of hydrazine groups is 1. The topological polar surface area (TPSA) is 47.9 Å². The van der Waals surface area contributed by atoms with Crippen molar-refractivity contribution >= 4 is 17.3 Å². The van der Waals surface area contributed by atoms with Gasteiger partial charge in [0.25, 0.3) is 0 Å². The summed E-state index contributed by atoms with van der Waals surface area (Å²) < 4.78 is 0. The Hall–Kier alpha value is -1.24. The van der Waals surface area contributed by atoms with Crippen molar-refractivity contribution in [1.29, 1.82) is 5.26 Å². The van der Waals surface area contributed by atoms with Crippen LogP contribution in [0.5, 0.6) is 0 Å². The molecule has 0 radical (unpaired) electrons. The molecule has 0 heterocycles. The van der Waals surface area contributed by atoms with Crippen LogP contribution in [0.3, 0.4) is 0 Å². The third-order valence-corrected chi connectivity index (χ3v) is 1.68. The largest absolute Gasteiger partial charge is 0.321 e. The fraction of sp³-hybridized carbons (Fsp3) is 0.222. The molecule has 13 heavy (non-hydrogen) atoms. The summed E-state index contributed by atoms with van der Waals surface area (Å²) in [6.45, 7) is 0.410. The molecule has 2 N–H and O–H groups in total. The van der Waals surface area contributed by atoms with Crippen molar-refractivity contribution in [3.8, 4) is 6.07 Å². The van der Waals surface area contributed by atoms with Crippen LogP contribution in [0.25, 0.3) is 0 Å². The zero-order valence-corrected chi connectivity index (χ0v) is 7.75. The molecule has 0 bridgehead atoms. The molecule has 0 amide bonds. The molecule has 68 valence electrons. The van der Waals surface area contributed by atoms with Gasteiger partial charge in [-0.1, -0.05) is 18.2 Å². The van der Waals surface area contributed by atoms with E-state index < -0.39 is 5.38 Å². The predicted octanol–water partition coefficient (Wildman–Crippen LogP) is 1.73. The molecule has 4 heteroatoms. The Morgan fingerprint density at radius 2 is 2.08 bits per heavy atom. The van der Waals surface area contributed by atoms with Crippen LogP contribution in [0.2, 0.25) is 0 Å². The summed E-state index contributed by atoms with van der Waals surface area (Å²) in [5.74, 6) is 0. The molecule has 1 aromatic carbocycles. The lowest BCUT2D eigenvalue weighted by atomic mass is 10.3. The molecule has 0 saturated carbocycles. The molecule has 1 atom stereocenters. The average molecular weight is 196 g/mol. The molecule has 1 rings (SSSR count). The van der Waals surface area contributed by atoms with Crippen LogP contribution in [-0.2, 0) is 0 Å². The number of anilines is 1. The number of halogens is 1. The minimum absolute atomic E-state index is 0.410. The van der Waals surface area contributed by atoms with E-state index in [-0.39, 0.29) is 0 Å². The zero-order chi connectivity index (χ0) is 9.52. The summed E-state index contributed by atoms with van der Waals surface area (Å²) in [5.41, 5.74) is 6.72. The lowest BCUT2D eigenvalue weighted by Gasteiger charge is -2.07. The van der Waals surface area contributed by atoms with E-state index in [4.69, 9.17) is 16.9 Å². The van der Waals surface area contributed by atoms with Gasteiger partial charge in [-0.2, -0.15) is 5.26 Å². The quantitative estimate of drug-likeness (QED) is 0.568. The van der Waals surface area contributed by atoms with Crippen molar-refractivity contribution in [1.82, 2.24) is 5.43 Å². The summed E-state index contributed by atoms with van der Waals surface area (Å²) in [6, 6.07) is 11.5. The fourth-order valence-corrected chi connectivity index (χ4v) is 0.887. The number of hydrogen-bond donors (Lipinski definition) is 2. The van der Waals surface area contributed by atoms with Gasteiger partial charge in [0.1, 0.15) is 5.38 Å². The van der Waals surface area contributed by atoms with Crippen molar-refractivity contribution in [3.05, 3.63) is 30.3 Å². The summed E-state index contributed by atoms with van der Waals surface area (Å²) in [7, 11) is 0. The van der Waals surface area contributed by atoms with Crippen molar-refractivity contribution in [3.63, 3.8) is 0 Å². The average Bonchev–Trinajstić information content (AvgIpc) is 2.19. The molecule has 0 aliphatic carbocycles. The van der Waals surface area contributed by atoms with E-state index in [1.165, 1.54) is 0 Å². The van der Waals surface area contributed by atoms with Crippen LogP contribution in [0.15, 0.2) is 30.3 Å². The molecule has 1 unspecified atom stereocenters. The minimum atomic E-state index is -0.504. The minimum Gasteiger partial charge on any atom is -0.321 e. The van der Waals surface area contributed by atoms with E-state index >= 15 is 0 Å². The molecule has 3 nitrogen and oxygen atoms in total. The molecule has 0 aliphatic heterocycles. The second kappa shape index (κ2) is 5.41. The number of benzene rings is 1. The van der Waals surface area contributed by atoms with Crippen molar-refractivity contribution in [2.45, 2.75) is 5.38 Å². The van der Waals surface area contributed by atoms with Gasteiger partial charge in [-0.3, -0.25) is 0 Å². The number of alkyl halides is 1. The predicted molar refractivity (Wildman–Crippen MR) is 53.3 cm³/mol. The van der Waals surface area contributed by atoms with Gasteiger partial charge in [0.05, 0.1) is 6.07 Å². The number of nitriles is 1. The van der Waals surface area contributed by atoms with Gasteiger partial charge in [0.15, 0.2) is 0 Å². The van der Waals surface area contributed by atoms with Gasteiger partial charge in [-0.25, -0.2) is 5.43 Å². The maximum Gasteiger partial charge on any atom is 0.134 e. The molecule has 0 aromatic heterocycles. The van der Waals surface area contributed by atoms with E-state index in [0.717, 1.165) is 5.69 Å². The Kier molecular flexibility index (Phi) is 4.10. The normalized spacial score (nSPS) is 11.7. The van der Waals surface area contributed by atoms with Gasteiger partial charge >= 0.3 is 0 Å². The fourth-order valence-electron chi connectivity index (χ4n) is 0.810. The molecular formula is C9H10ClN3. The van der Waals surface area contributed by atoms with Gasteiger partial charge in [-0.15, -0.1) is 11.6 Å².